The van der Waals surface area contributed by atoms with E-state index in [1.165, 1.54) is 32.4 Å². The van der Waals surface area contributed by atoms with Crippen LogP contribution in [-0.2, 0) is 6.54 Å². The van der Waals surface area contributed by atoms with Crippen molar-refractivity contribution in [2.24, 2.45) is 11.8 Å². The molecule has 1 aromatic rings. The zero-order valence-corrected chi connectivity index (χ0v) is 12.9. The first kappa shape index (κ1) is 13.8. The molecule has 0 aromatic carbocycles. The molecule has 0 spiro atoms. The number of anilines is 1. The zero-order valence-electron chi connectivity index (χ0n) is 12.9. The summed E-state index contributed by atoms with van der Waals surface area (Å²) in [5.41, 5.74) is 1.15. The van der Waals surface area contributed by atoms with Crippen LogP contribution in [0.25, 0.3) is 0 Å². The highest BCUT2D eigenvalue weighted by atomic mass is 15.2. The van der Waals surface area contributed by atoms with Gasteiger partial charge in [0.15, 0.2) is 0 Å². The van der Waals surface area contributed by atoms with Crippen LogP contribution < -0.4 is 10.2 Å². The number of hydrogen-bond acceptors (Lipinski definition) is 4. The first-order chi connectivity index (χ1) is 9.51. The standard InChI is InChI=1S/C16H26N4/c1-16(2,3)18-8-14-7-17-9-15(19-14)20-10-12-5-4-6-13(12)11-20/h7,9,12-13,18H,4-6,8,10-11H2,1-3H3. The van der Waals surface area contributed by atoms with Crippen LogP contribution in [0.5, 0.6) is 0 Å². The number of rotatable bonds is 3. The highest BCUT2D eigenvalue weighted by Crippen LogP contribution is 2.38. The third-order valence-electron chi connectivity index (χ3n) is 4.52. The van der Waals surface area contributed by atoms with Crippen molar-refractivity contribution in [3.8, 4) is 0 Å². The third kappa shape index (κ3) is 3.11. The minimum Gasteiger partial charge on any atom is -0.355 e. The summed E-state index contributed by atoms with van der Waals surface area (Å²) in [6.45, 7) is 9.65. The second-order valence-electron chi connectivity index (χ2n) is 7.33. The van der Waals surface area contributed by atoms with E-state index in [-0.39, 0.29) is 5.54 Å². The number of hydrogen-bond donors (Lipinski definition) is 1. The van der Waals surface area contributed by atoms with E-state index < -0.39 is 0 Å². The van der Waals surface area contributed by atoms with Gasteiger partial charge in [-0.3, -0.25) is 4.98 Å². The zero-order chi connectivity index (χ0) is 14.2. The summed E-state index contributed by atoms with van der Waals surface area (Å²) in [7, 11) is 0. The van der Waals surface area contributed by atoms with Crippen molar-refractivity contribution in [2.45, 2.75) is 52.1 Å². The van der Waals surface area contributed by atoms with Gasteiger partial charge >= 0.3 is 0 Å². The molecule has 0 bridgehead atoms. The normalized spacial score (nSPS) is 26.1. The maximum atomic E-state index is 4.79. The van der Waals surface area contributed by atoms with Gasteiger partial charge < -0.3 is 10.2 Å². The molecule has 2 unspecified atom stereocenters. The van der Waals surface area contributed by atoms with Gasteiger partial charge in [0.2, 0.25) is 0 Å². The maximum absolute atomic E-state index is 4.79. The summed E-state index contributed by atoms with van der Waals surface area (Å²) >= 11 is 0. The topological polar surface area (TPSA) is 41.1 Å². The SMILES string of the molecule is CC(C)(C)NCc1cncc(N2CC3CCCC3C2)n1. The highest BCUT2D eigenvalue weighted by molar-refractivity contribution is 5.38. The van der Waals surface area contributed by atoms with Gasteiger partial charge in [0, 0.05) is 31.4 Å². The molecule has 0 radical (unpaired) electrons. The Bertz CT molecular complexity index is 454. The largest absolute Gasteiger partial charge is 0.355 e. The van der Waals surface area contributed by atoms with E-state index in [0.29, 0.717) is 0 Å². The number of nitrogens with zero attached hydrogens (tertiary/aromatic N) is 3. The van der Waals surface area contributed by atoms with E-state index in [1.54, 1.807) is 0 Å². The predicted molar refractivity (Wildman–Crippen MR) is 81.7 cm³/mol. The van der Waals surface area contributed by atoms with Crippen molar-refractivity contribution in [2.75, 3.05) is 18.0 Å². The molecule has 2 aliphatic rings. The Morgan fingerprint density at radius 3 is 2.55 bits per heavy atom. The van der Waals surface area contributed by atoms with E-state index in [4.69, 9.17) is 4.98 Å². The minimum absolute atomic E-state index is 0.113. The third-order valence-corrected chi connectivity index (χ3v) is 4.52. The van der Waals surface area contributed by atoms with Crippen molar-refractivity contribution in [3.05, 3.63) is 18.1 Å². The van der Waals surface area contributed by atoms with Gasteiger partial charge in [0.25, 0.3) is 0 Å². The fourth-order valence-corrected chi connectivity index (χ4v) is 3.41. The number of aromatic nitrogens is 2. The molecule has 4 nitrogen and oxygen atoms in total. The molecule has 20 heavy (non-hydrogen) atoms. The van der Waals surface area contributed by atoms with Crippen LogP contribution in [0.2, 0.25) is 0 Å². The quantitative estimate of drug-likeness (QED) is 0.920. The fraction of sp³-hybridized carbons (Fsp3) is 0.750. The van der Waals surface area contributed by atoms with Gasteiger partial charge in [-0.2, -0.15) is 0 Å². The lowest BCUT2D eigenvalue weighted by molar-refractivity contribution is 0.421. The van der Waals surface area contributed by atoms with Gasteiger partial charge in [-0.1, -0.05) is 6.42 Å². The smallest absolute Gasteiger partial charge is 0.147 e. The predicted octanol–water partition coefficient (Wildman–Crippen LogP) is 2.60. The molecular weight excluding hydrogens is 248 g/mol. The molecule has 3 rings (SSSR count). The van der Waals surface area contributed by atoms with E-state index in [1.807, 2.05) is 12.4 Å². The van der Waals surface area contributed by atoms with Gasteiger partial charge in [0.1, 0.15) is 5.82 Å². The molecule has 1 aliphatic carbocycles. The lowest BCUT2D eigenvalue weighted by Crippen LogP contribution is -2.35. The molecule has 1 aliphatic heterocycles. The lowest BCUT2D eigenvalue weighted by Gasteiger charge is -2.21. The monoisotopic (exact) mass is 274 g/mol. The van der Waals surface area contributed by atoms with Crippen LogP contribution in [0, 0.1) is 11.8 Å². The van der Waals surface area contributed by atoms with E-state index in [9.17, 15) is 0 Å². The summed E-state index contributed by atoms with van der Waals surface area (Å²) < 4.78 is 0. The van der Waals surface area contributed by atoms with E-state index in [0.717, 1.165) is 29.9 Å². The molecule has 110 valence electrons. The lowest BCUT2D eigenvalue weighted by atomic mass is 10.0. The Hall–Kier alpha value is -1.16. The van der Waals surface area contributed by atoms with E-state index >= 15 is 0 Å². The minimum atomic E-state index is 0.113. The summed E-state index contributed by atoms with van der Waals surface area (Å²) in [5.74, 6) is 2.86. The van der Waals surface area contributed by atoms with Crippen LogP contribution in [0.3, 0.4) is 0 Å². The summed E-state index contributed by atoms with van der Waals surface area (Å²) in [5, 5.41) is 3.47. The average Bonchev–Trinajstić information content (AvgIpc) is 2.96. The van der Waals surface area contributed by atoms with Gasteiger partial charge in [0.05, 0.1) is 11.9 Å². The summed E-state index contributed by atoms with van der Waals surface area (Å²) in [6, 6.07) is 0. The van der Waals surface area contributed by atoms with Crippen molar-refractivity contribution in [1.29, 1.82) is 0 Å². The Labute approximate surface area is 122 Å². The summed E-state index contributed by atoms with van der Waals surface area (Å²) in [6.07, 6.45) is 8.02. The molecule has 4 heteroatoms. The molecule has 1 saturated carbocycles. The van der Waals surface area contributed by atoms with Crippen LogP contribution >= 0.6 is 0 Å². The van der Waals surface area contributed by atoms with Crippen molar-refractivity contribution < 1.29 is 0 Å². The Morgan fingerprint density at radius 1 is 1.20 bits per heavy atom. The molecule has 1 saturated heterocycles. The first-order valence-electron chi connectivity index (χ1n) is 7.82. The number of fused-ring (bicyclic) bond motifs is 1. The number of nitrogens with one attached hydrogen (secondary N) is 1. The molecule has 1 N–H and O–H groups in total. The van der Waals surface area contributed by atoms with Gasteiger partial charge in [-0.25, -0.2) is 4.98 Å². The highest BCUT2D eigenvalue weighted by Gasteiger charge is 2.36. The molecule has 1 aromatic heterocycles. The average molecular weight is 274 g/mol. The van der Waals surface area contributed by atoms with Crippen LogP contribution in [0.15, 0.2) is 12.4 Å². The second-order valence-corrected chi connectivity index (χ2v) is 7.33. The molecular formula is C16H26N4. The molecule has 2 atom stereocenters. The first-order valence-corrected chi connectivity index (χ1v) is 7.82. The van der Waals surface area contributed by atoms with Crippen molar-refractivity contribution >= 4 is 5.82 Å². The summed E-state index contributed by atoms with van der Waals surface area (Å²) in [4.78, 5) is 11.6. The fourth-order valence-electron chi connectivity index (χ4n) is 3.41. The Balaban J connectivity index is 1.66. The van der Waals surface area contributed by atoms with Gasteiger partial charge in [-0.05, 0) is 45.4 Å². The van der Waals surface area contributed by atoms with Crippen LogP contribution in [-0.4, -0.2) is 28.6 Å². The van der Waals surface area contributed by atoms with Crippen LogP contribution in [0.1, 0.15) is 45.7 Å². The molecule has 0 amide bonds. The molecule has 2 fully saturated rings. The Morgan fingerprint density at radius 2 is 1.90 bits per heavy atom. The Kier molecular flexibility index (Phi) is 3.67. The second kappa shape index (κ2) is 5.32. The van der Waals surface area contributed by atoms with Crippen molar-refractivity contribution in [1.82, 2.24) is 15.3 Å². The molecule has 2 heterocycles. The van der Waals surface area contributed by atoms with E-state index in [2.05, 4.69) is 36.0 Å². The van der Waals surface area contributed by atoms with Gasteiger partial charge in [-0.15, -0.1) is 0 Å². The van der Waals surface area contributed by atoms with Crippen LogP contribution in [0.4, 0.5) is 5.82 Å². The maximum Gasteiger partial charge on any atom is 0.147 e. The van der Waals surface area contributed by atoms with Crippen molar-refractivity contribution in [3.63, 3.8) is 0 Å².